The molecule has 0 saturated heterocycles. The van der Waals surface area contributed by atoms with E-state index in [0.717, 1.165) is 33.8 Å². The van der Waals surface area contributed by atoms with Crippen molar-refractivity contribution >= 4 is 11.9 Å². The van der Waals surface area contributed by atoms with Crippen LogP contribution in [0.5, 0.6) is 11.5 Å². The van der Waals surface area contributed by atoms with Crippen molar-refractivity contribution in [3.63, 3.8) is 0 Å². The van der Waals surface area contributed by atoms with Crippen molar-refractivity contribution in [1.82, 2.24) is 0 Å². The van der Waals surface area contributed by atoms with Crippen molar-refractivity contribution in [2.45, 2.75) is 38.1 Å². The van der Waals surface area contributed by atoms with E-state index in [0.29, 0.717) is 26.1 Å². The highest BCUT2D eigenvalue weighted by Crippen LogP contribution is 2.16. The van der Waals surface area contributed by atoms with Gasteiger partial charge >= 0.3 is 11.9 Å². The van der Waals surface area contributed by atoms with Crippen LogP contribution in [0.2, 0.25) is 0 Å². The maximum absolute atomic E-state index is 12.4. The van der Waals surface area contributed by atoms with Crippen molar-refractivity contribution < 1.29 is 40.0 Å². The van der Waals surface area contributed by atoms with Crippen LogP contribution in [0.3, 0.4) is 0 Å². The fourth-order valence-corrected chi connectivity index (χ4v) is 4.04. The van der Waals surface area contributed by atoms with Crippen LogP contribution < -0.4 is 20.9 Å². The molecule has 212 valence electrons. The minimum Gasteiger partial charge on any atom is -0.489 e. The Kier molecular flexibility index (Phi) is 10.9. The van der Waals surface area contributed by atoms with E-state index in [1.165, 1.54) is 0 Å². The number of ether oxygens (including phenoxy) is 4. The molecule has 4 rings (SSSR count). The molecule has 0 aliphatic rings. The third-order valence-electron chi connectivity index (χ3n) is 6.38. The van der Waals surface area contributed by atoms with Gasteiger partial charge in [-0.2, -0.15) is 0 Å². The third kappa shape index (κ3) is 9.79. The van der Waals surface area contributed by atoms with Gasteiger partial charge in [-0.15, -0.1) is 0 Å². The van der Waals surface area contributed by atoms with Crippen LogP contribution in [0.1, 0.15) is 22.3 Å². The van der Waals surface area contributed by atoms with E-state index in [1.807, 2.05) is 109 Å². The highest BCUT2D eigenvalue weighted by molar-refractivity contribution is 5.76. The summed E-state index contributed by atoms with van der Waals surface area (Å²) in [7, 11) is 0. The monoisotopic (exact) mass is 556 g/mol. The number of benzene rings is 4. The zero-order valence-electron chi connectivity index (χ0n) is 22.9. The Labute approximate surface area is 239 Å². The second-order valence-electron chi connectivity index (χ2n) is 9.68. The lowest BCUT2D eigenvalue weighted by atomic mass is 10.1. The summed E-state index contributed by atoms with van der Waals surface area (Å²) in [6.07, 6.45) is 0.767. The molecule has 0 aromatic heterocycles. The topological polar surface area (TPSA) is 126 Å². The molecule has 2 atom stereocenters. The van der Waals surface area contributed by atoms with E-state index in [-0.39, 0.29) is 0 Å². The van der Waals surface area contributed by atoms with Crippen LogP contribution in [0, 0.1) is 0 Å². The predicted molar refractivity (Wildman–Crippen MR) is 152 cm³/mol. The number of rotatable bonds is 14. The first kappa shape index (κ1) is 29.3. The minimum absolute atomic E-state index is 0.384. The summed E-state index contributed by atoms with van der Waals surface area (Å²) in [5.74, 6) is 0.383. The average Bonchev–Trinajstić information content (AvgIpc) is 3.01. The normalized spacial score (nSPS) is 12.1. The Morgan fingerprint density at radius 1 is 0.512 bits per heavy atom. The number of hydrogen-bond donors (Lipinski definition) is 2. The Bertz CT molecular complexity index is 1260. The summed E-state index contributed by atoms with van der Waals surface area (Å²) in [5, 5.41) is 0. The zero-order valence-corrected chi connectivity index (χ0v) is 22.9. The van der Waals surface area contributed by atoms with Gasteiger partial charge in [-0.05, 0) is 46.5 Å². The number of esters is 2. The van der Waals surface area contributed by atoms with E-state index in [2.05, 4.69) is 11.5 Å². The lowest BCUT2D eigenvalue weighted by Gasteiger charge is -2.12. The van der Waals surface area contributed by atoms with Crippen molar-refractivity contribution in [3.05, 3.63) is 131 Å². The molecule has 8 heteroatoms. The van der Waals surface area contributed by atoms with Crippen LogP contribution in [0.4, 0.5) is 0 Å². The van der Waals surface area contributed by atoms with Gasteiger partial charge in [-0.25, -0.2) is 9.59 Å². The Hall–Kier alpha value is -4.66. The van der Waals surface area contributed by atoms with Gasteiger partial charge in [0.15, 0.2) is 12.1 Å². The first-order valence-corrected chi connectivity index (χ1v) is 13.5. The maximum atomic E-state index is 12.4. The largest absolute Gasteiger partial charge is 0.489 e. The fraction of sp³-hybridized carbons (Fsp3) is 0.212. The van der Waals surface area contributed by atoms with Crippen molar-refractivity contribution in [1.29, 1.82) is 0 Å². The summed E-state index contributed by atoms with van der Waals surface area (Å²) >= 11 is 0. The fourth-order valence-electron chi connectivity index (χ4n) is 4.04. The molecule has 8 nitrogen and oxygen atoms in total. The molecular formula is C33H36N2O6+2. The van der Waals surface area contributed by atoms with E-state index in [4.69, 9.17) is 18.9 Å². The van der Waals surface area contributed by atoms with Crippen LogP contribution in [-0.4, -0.2) is 30.8 Å². The smallest absolute Gasteiger partial charge is 0.367 e. The van der Waals surface area contributed by atoms with Gasteiger partial charge in [0.25, 0.3) is 0 Å². The molecule has 0 amide bonds. The summed E-state index contributed by atoms with van der Waals surface area (Å²) < 4.78 is 21.8. The molecule has 41 heavy (non-hydrogen) atoms. The number of carbonyl (C=O) groups is 2. The van der Waals surface area contributed by atoms with Crippen LogP contribution in [-0.2, 0) is 45.1 Å². The maximum Gasteiger partial charge on any atom is 0.367 e. The number of hydrogen-bond acceptors (Lipinski definition) is 6. The lowest BCUT2D eigenvalue weighted by Crippen LogP contribution is -2.67. The molecule has 0 radical (unpaired) electrons. The molecule has 0 aliphatic heterocycles. The Morgan fingerprint density at radius 2 is 0.878 bits per heavy atom. The van der Waals surface area contributed by atoms with Crippen molar-refractivity contribution in [3.8, 4) is 11.5 Å². The van der Waals surface area contributed by atoms with Gasteiger partial charge in [0.05, 0.1) is 0 Å². The SMILES string of the molecule is [NH3+]C(Cc1ccc(OCc2ccccc2)cc1)C(=O)OCOC(=O)C([NH3+])Cc1ccc(OCc2ccccc2)cc1. The quantitative estimate of drug-likeness (QED) is 0.182. The van der Waals surface area contributed by atoms with Crippen molar-refractivity contribution in [2.24, 2.45) is 0 Å². The second-order valence-corrected chi connectivity index (χ2v) is 9.68. The van der Waals surface area contributed by atoms with Gasteiger partial charge in [0.1, 0.15) is 24.7 Å². The molecule has 4 aromatic rings. The molecule has 2 unspecified atom stereocenters. The summed E-state index contributed by atoms with van der Waals surface area (Å²) in [4.78, 5) is 24.7. The van der Waals surface area contributed by atoms with Gasteiger partial charge in [-0.3, -0.25) is 0 Å². The first-order chi connectivity index (χ1) is 20.0. The average molecular weight is 557 g/mol. The summed E-state index contributed by atoms with van der Waals surface area (Å²) in [6, 6.07) is 33.5. The molecule has 0 saturated carbocycles. The third-order valence-corrected chi connectivity index (χ3v) is 6.38. The standard InChI is InChI=1S/C33H34N2O6/c34-30(19-24-11-15-28(16-12-24)38-21-26-7-3-1-4-8-26)32(36)40-23-41-33(37)31(35)20-25-13-17-29(18-14-25)39-22-27-9-5-2-6-10-27/h1-18,30-31H,19-23,34-35H2/p+2. The highest BCUT2D eigenvalue weighted by atomic mass is 16.7. The van der Waals surface area contributed by atoms with Gasteiger partial charge < -0.3 is 30.4 Å². The van der Waals surface area contributed by atoms with Gasteiger partial charge in [0, 0.05) is 12.8 Å². The Balaban J connectivity index is 1.13. The van der Waals surface area contributed by atoms with Crippen LogP contribution in [0.25, 0.3) is 0 Å². The summed E-state index contributed by atoms with van der Waals surface area (Å²) in [6.45, 7) is 0.482. The second kappa shape index (κ2) is 15.2. The van der Waals surface area contributed by atoms with E-state index in [9.17, 15) is 9.59 Å². The van der Waals surface area contributed by atoms with E-state index < -0.39 is 30.8 Å². The molecule has 4 aromatic carbocycles. The molecule has 0 spiro atoms. The molecule has 0 fully saturated rings. The number of carbonyl (C=O) groups excluding carboxylic acids is 2. The zero-order chi connectivity index (χ0) is 28.9. The van der Waals surface area contributed by atoms with E-state index in [1.54, 1.807) is 0 Å². The Morgan fingerprint density at radius 3 is 1.24 bits per heavy atom. The molecule has 0 heterocycles. The van der Waals surface area contributed by atoms with Crippen LogP contribution >= 0.6 is 0 Å². The first-order valence-electron chi connectivity index (χ1n) is 13.5. The molecule has 0 bridgehead atoms. The van der Waals surface area contributed by atoms with Gasteiger partial charge in [-0.1, -0.05) is 84.9 Å². The molecule has 6 N–H and O–H groups in total. The number of quaternary nitrogens is 2. The molecular weight excluding hydrogens is 520 g/mol. The summed E-state index contributed by atoms with van der Waals surface area (Å²) in [5.41, 5.74) is 11.8. The van der Waals surface area contributed by atoms with Crippen molar-refractivity contribution in [2.75, 3.05) is 6.79 Å². The van der Waals surface area contributed by atoms with E-state index >= 15 is 0 Å². The highest BCUT2D eigenvalue weighted by Gasteiger charge is 2.23. The van der Waals surface area contributed by atoms with Crippen LogP contribution in [0.15, 0.2) is 109 Å². The van der Waals surface area contributed by atoms with Gasteiger partial charge in [0.2, 0.25) is 6.79 Å². The molecule has 0 aliphatic carbocycles. The predicted octanol–water partition coefficient (Wildman–Crippen LogP) is 2.89. The minimum atomic E-state index is -0.650. The lowest BCUT2D eigenvalue weighted by molar-refractivity contribution is -0.411.